The van der Waals surface area contributed by atoms with Crippen molar-refractivity contribution in [1.29, 1.82) is 0 Å². The van der Waals surface area contributed by atoms with Crippen LogP contribution in [-0.2, 0) is 38.7 Å². The van der Waals surface area contributed by atoms with Crippen molar-refractivity contribution < 1.29 is 61.9 Å². The Morgan fingerprint density at radius 3 is 1.77 bits per heavy atom. The van der Waals surface area contributed by atoms with Crippen molar-refractivity contribution in [1.82, 2.24) is 0 Å². The molecule has 9 nitrogen and oxygen atoms in total. The summed E-state index contributed by atoms with van der Waals surface area (Å²) in [6.07, 6.45) is 5.69. The first-order valence-electron chi connectivity index (χ1n) is 11.6. The topological polar surface area (TPSA) is 133 Å². The van der Waals surface area contributed by atoms with E-state index in [0.717, 1.165) is 19.3 Å². The van der Waals surface area contributed by atoms with E-state index in [1.54, 1.807) is 0 Å². The molecule has 0 spiro atoms. The van der Waals surface area contributed by atoms with E-state index in [-0.39, 0.29) is 57.0 Å². The monoisotopic (exact) mass is 512 g/mol. The zero-order valence-corrected chi connectivity index (χ0v) is 22.5. The second-order valence-electron chi connectivity index (χ2n) is 8.64. The van der Waals surface area contributed by atoms with Crippen LogP contribution in [0, 0.1) is 5.41 Å². The quantitative estimate of drug-likeness (QED) is 0.0679. The molecule has 0 bridgehead atoms. The predicted octanol–water partition coefficient (Wildman–Crippen LogP) is 1.29. The second kappa shape index (κ2) is 18.6. The first kappa shape index (κ1) is 35.6. The van der Waals surface area contributed by atoms with Crippen LogP contribution in [0.4, 0.5) is 0 Å². The van der Waals surface area contributed by atoms with Gasteiger partial charge in [0.05, 0.1) is 12.4 Å². The summed E-state index contributed by atoms with van der Waals surface area (Å²) in [6.45, 7) is 11.6. The molecule has 0 aromatic rings. The minimum Gasteiger partial charge on any atom is -1.00 e. The molecule has 0 aliphatic rings. The number of ether oxygens (including phenoxy) is 3. The van der Waals surface area contributed by atoms with Crippen LogP contribution in [-0.4, -0.2) is 56.5 Å². The maximum atomic E-state index is 13.2. The average Bonchev–Trinajstić information content (AvgIpc) is 2.75. The number of hydrogen-bond donors (Lipinski definition) is 1. The van der Waals surface area contributed by atoms with Gasteiger partial charge in [0.2, 0.25) is 0 Å². The van der Waals surface area contributed by atoms with Crippen molar-refractivity contribution >= 4 is 28.0 Å². The van der Waals surface area contributed by atoms with Crippen molar-refractivity contribution in [3.05, 3.63) is 24.3 Å². The van der Waals surface area contributed by atoms with Crippen molar-refractivity contribution in [3.8, 4) is 0 Å². The van der Waals surface area contributed by atoms with Gasteiger partial charge in [-0.2, -0.15) is 8.42 Å². The number of unbranched alkanes of at least 4 members (excludes halogenated alkanes) is 6. The maximum Gasteiger partial charge on any atom is 1.00 e. The van der Waals surface area contributed by atoms with E-state index >= 15 is 0 Å². The summed E-state index contributed by atoms with van der Waals surface area (Å²) < 4.78 is 46.3. The fourth-order valence-corrected chi connectivity index (χ4v) is 3.58. The Balaban J connectivity index is -0.00000544. The number of esters is 3. The second-order valence-corrected chi connectivity index (χ2v) is 10.2. The molecule has 0 aromatic heterocycles. The van der Waals surface area contributed by atoms with Gasteiger partial charge in [-0.25, -0.2) is 9.59 Å². The molecule has 0 aliphatic carbocycles. The molecule has 0 atom stereocenters. The van der Waals surface area contributed by atoms with Gasteiger partial charge in [0.1, 0.15) is 18.6 Å². The molecule has 0 fully saturated rings. The van der Waals surface area contributed by atoms with Crippen molar-refractivity contribution in [2.45, 2.75) is 78.6 Å². The van der Waals surface area contributed by atoms with Crippen LogP contribution in [0.3, 0.4) is 0 Å². The fraction of sp³-hybridized carbons (Fsp3) is 0.708. The molecule has 0 heterocycles. The number of carbonyl (C=O) groups is 3. The van der Waals surface area contributed by atoms with Crippen LogP contribution >= 0.6 is 0 Å². The number of rotatable bonds is 19. The molecule has 0 amide bonds. The van der Waals surface area contributed by atoms with E-state index in [1.807, 2.05) is 0 Å². The summed E-state index contributed by atoms with van der Waals surface area (Å²) in [4.78, 5) is 37.2. The molecule has 0 aliphatic heterocycles. The molecule has 1 N–H and O–H groups in total. The molecule has 11 heteroatoms. The Bertz CT molecular complexity index is 782. The largest absolute Gasteiger partial charge is 1.00 e. The molecule has 0 saturated carbocycles. The Morgan fingerprint density at radius 1 is 0.829 bits per heavy atom. The molecule has 0 rings (SSSR count). The van der Waals surface area contributed by atoms with Crippen LogP contribution in [0.5, 0.6) is 0 Å². The number of hydrogen-bond acceptors (Lipinski definition) is 8. The van der Waals surface area contributed by atoms with Gasteiger partial charge in [-0.05, 0) is 33.1 Å². The van der Waals surface area contributed by atoms with Gasteiger partial charge in [-0.3, -0.25) is 9.35 Å². The summed E-state index contributed by atoms with van der Waals surface area (Å²) in [7, 11) is -3.98. The Hall–Kier alpha value is -1.60. The van der Waals surface area contributed by atoms with Crippen LogP contribution in [0.15, 0.2) is 24.3 Å². The van der Waals surface area contributed by atoms with Crippen molar-refractivity contribution in [3.63, 3.8) is 0 Å². The van der Waals surface area contributed by atoms with E-state index in [2.05, 4.69) is 20.1 Å². The van der Waals surface area contributed by atoms with Gasteiger partial charge >= 0.3 is 36.8 Å². The zero-order chi connectivity index (χ0) is 26.2. The molecule has 0 aromatic carbocycles. The number of carbonyl (C=O) groups excluding carboxylic acids is 3. The van der Waals surface area contributed by atoms with Gasteiger partial charge in [0.15, 0.2) is 0 Å². The smallest absolute Gasteiger partial charge is 1.00 e. The molecular weight excluding hydrogens is 471 g/mol. The molecule has 0 unspecified atom stereocenters. The summed E-state index contributed by atoms with van der Waals surface area (Å²) in [5, 5.41) is 0. The van der Waals surface area contributed by atoms with Gasteiger partial charge in [0, 0.05) is 11.1 Å². The van der Waals surface area contributed by atoms with E-state index < -0.39 is 33.4 Å². The van der Waals surface area contributed by atoms with Crippen LogP contribution in [0.2, 0.25) is 0 Å². The summed E-state index contributed by atoms with van der Waals surface area (Å²) in [5.41, 5.74) is -1.01. The molecule has 35 heavy (non-hydrogen) atoms. The van der Waals surface area contributed by atoms with E-state index in [4.69, 9.17) is 18.8 Å². The zero-order valence-electron chi connectivity index (χ0n) is 22.7. The predicted molar refractivity (Wildman–Crippen MR) is 130 cm³/mol. The minimum atomic E-state index is -3.98. The van der Waals surface area contributed by atoms with Crippen molar-refractivity contribution in [2.75, 3.05) is 25.6 Å². The van der Waals surface area contributed by atoms with E-state index in [0.29, 0.717) is 38.5 Å². The normalized spacial score (nSPS) is 11.2. The van der Waals surface area contributed by atoms with Crippen LogP contribution in [0.25, 0.3) is 0 Å². The third-order valence-corrected chi connectivity index (χ3v) is 5.93. The third kappa shape index (κ3) is 16.7. The summed E-state index contributed by atoms with van der Waals surface area (Å²) in [5.74, 6) is -2.26. The molecular formula is C24H41LiO9S. The first-order chi connectivity index (χ1) is 15.8. The Kier molecular flexibility index (Phi) is 18.9. The minimum absolute atomic E-state index is 0. The fourth-order valence-electron chi connectivity index (χ4n) is 3.01. The van der Waals surface area contributed by atoms with Gasteiger partial charge in [0.25, 0.3) is 10.1 Å². The Labute approximate surface area is 223 Å². The van der Waals surface area contributed by atoms with Gasteiger partial charge in [-0.15, -0.1) is 0 Å². The molecule has 0 saturated heterocycles. The Morgan fingerprint density at radius 2 is 1.31 bits per heavy atom. The summed E-state index contributed by atoms with van der Waals surface area (Å²) in [6, 6.07) is 0. The average molecular weight is 513 g/mol. The first-order valence-corrected chi connectivity index (χ1v) is 13.2. The standard InChI is InChI=1S/C24H40O9S.Li.H/c1-6-7-8-11-14-24(17-32-21(25)19(2)3,18-33-22(26)20(4)5)23(27)31-15-12-9-10-13-16-34(28,29)30;;/h2,4,6-18H2,1,3,5H3,(H,28,29,30);;/q;+1;-1. The third-order valence-electron chi connectivity index (χ3n) is 5.13. The van der Waals surface area contributed by atoms with Gasteiger partial charge in [-0.1, -0.05) is 58.6 Å². The van der Waals surface area contributed by atoms with Gasteiger partial charge < -0.3 is 15.6 Å². The molecule has 0 radical (unpaired) electrons. The molecule has 198 valence electrons. The van der Waals surface area contributed by atoms with Crippen LogP contribution < -0.4 is 18.9 Å². The van der Waals surface area contributed by atoms with E-state index in [1.165, 1.54) is 13.8 Å². The summed E-state index contributed by atoms with van der Waals surface area (Å²) >= 11 is 0. The maximum absolute atomic E-state index is 13.2. The van der Waals surface area contributed by atoms with Crippen molar-refractivity contribution in [2.24, 2.45) is 5.41 Å². The SMILES string of the molecule is C=C(C)C(=O)OCC(CCCCCC)(COC(=O)C(=C)C)C(=O)OCCCCCCS(=O)(=O)O.[H-].[Li+]. The van der Waals surface area contributed by atoms with Crippen LogP contribution in [0.1, 0.15) is 80.0 Å². The van der Waals surface area contributed by atoms with E-state index in [9.17, 15) is 22.8 Å².